The van der Waals surface area contributed by atoms with Gasteiger partial charge in [0.05, 0.1) is 12.7 Å². The van der Waals surface area contributed by atoms with Crippen molar-refractivity contribution in [1.29, 1.82) is 0 Å². The van der Waals surface area contributed by atoms with Gasteiger partial charge in [0.25, 0.3) is 0 Å². The van der Waals surface area contributed by atoms with Gasteiger partial charge in [-0.2, -0.15) is 0 Å². The third-order valence-electron chi connectivity index (χ3n) is 2.78. The lowest BCUT2D eigenvalue weighted by atomic mass is 10.1. The van der Waals surface area contributed by atoms with Crippen molar-refractivity contribution in [1.82, 2.24) is 19.9 Å². The smallest absolute Gasteiger partial charge is 0.128 e. The number of hydrogen-bond donors (Lipinski definition) is 1. The van der Waals surface area contributed by atoms with E-state index >= 15 is 0 Å². The molecule has 0 unspecified atom stereocenters. The Kier molecular flexibility index (Phi) is 3.76. The summed E-state index contributed by atoms with van der Waals surface area (Å²) < 4.78 is 1.87. The number of hydrogen-bond acceptors (Lipinski definition) is 3. The number of nitrogens with zero attached hydrogens (tertiary/aromatic N) is 3. The molecule has 17 heavy (non-hydrogen) atoms. The Labute approximate surface area is 106 Å². The van der Waals surface area contributed by atoms with Gasteiger partial charge in [0.2, 0.25) is 0 Å². The van der Waals surface area contributed by atoms with Crippen molar-refractivity contribution < 1.29 is 0 Å². The van der Waals surface area contributed by atoms with Crippen LogP contribution in [0.5, 0.6) is 0 Å². The number of aromatic nitrogens is 3. The van der Waals surface area contributed by atoms with Crippen LogP contribution in [0.15, 0.2) is 30.7 Å². The summed E-state index contributed by atoms with van der Waals surface area (Å²) in [6.45, 7) is 2.78. The van der Waals surface area contributed by atoms with Crippen LogP contribution >= 0.6 is 11.6 Å². The van der Waals surface area contributed by atoms with Crippen molar-refractivity contribution in [3.63, 3.8) is 0 Å². The average molecular weight is 251 g/mol. The van der Waals surface area contributed by atoms with E-state index in [9.17, 15) is 0 Å². The highest BCUT2D eigenvalue weighted by Crippen LogP contribution is 2.12. The molecule has 1 atom stereocenters. The predicted molar refractivity (Wildman–Crippen MR) is 67.7 cm³/mol. The molecule has 0 aromatic carbocycles. The van der Waals surface area contributed by atoms with Crippen molar-refractivity contribution in [3.05, 3.63) is 47.3 Å². The van der Waals surface area contributed by atoms with Gasteiger partial charge >= 0.3 is 0 Å². The first-order valence-electron chi connectivity index (χ1n) is 5.48. The molecule has 0 fully saturated rings. The van der Waals surface area contributed by atoms with Crippen LogP contribution in [0.2, 0.25) is 5.15 Å². The largest absolute Gasteiger partial charge is 0.321 e. The van der Waals surface area contributed by atoms with Gasteiger partial charge in [-0.15, -0.1) is 0 Å². The van der Waals surface area contributed by atoms with Gasteiger partial charge in [0.15, 0.2) is 0 Å². The lowest BCUT2D eigenvalue weighted by Gasteiger charge is -2.13. The fourth-order valence-corrected chi connectivity index (χ4v) is 1.73. The van der Waals surface area contributed by atoms with Crippen molar-refractivity contribution in [2.24, 2.45) is 7.05 Å². The Morgan fingerprint density at radius 1 is 1.47 bits per heavy atom. The molecule has 2 aromatic rings. The maximum Gasteiger partial charge on any atom is 0.128 e. The van der Waals surface area contributed by atoms with Crippen LogP contribution in [0.25, 0.3) is 0 Å². The fraction of sp³-hybridized carbons (Fsp3) is 0.333. The van der Waals surface area contributed by atoms with Gasteiger partial charge in [-0.25, -0.2) is 4.98 Å². The maximum absolute atomic E-state index is 5.92. The molecule has 0 amide bonds. The summed E-state index contributed by atoms with van der Waals surface area (Å²) in [4.78, 5) is 8.33. The van der Waals surface area contributed by atoms with Crippen LogP contribution in [0.4, 0.5) is 0 Å². The summed E-state index contributed by atoms with van der Waals surface area (Å²) >= 11 is 5.92. The highest BCUT2D eigenvalue weighted by atomic mass is 35.5. The van der Waals surface area contributed by atoms with Crippen LogP contribution in [0.1, 0.15) is 24.4 Å². The van der Waals surface area contributed by atoms with Crippen LogP contribution < -0.4 is 5.32 Å². The molecule has 1 N–H and O–H groups in total. The molecule has 0 spiro atoms. The van der Waals surface area contributed by atoms with E-state index in [2.05, 4.69) is 28.3 Å². The van der Waals surface area contributed by atoms with E-state index in [1.165, 1.54) is 0 Å². The van der Waals surface area contributed by atoms with Crippen LogP contribution in [-0.4, -0.2) is 14.5 Å². The number of nitrogens with one attached hydrogen (secondary N) is 1. The number of imidazole rings is 1. The van der Waals surface area contributed by atoms with E-state index in [0.29, 0.717) is 11.7 Å². The normalized spacial score (nSPS) is 12.6. The zero-order valence-electron chi connectivity index (χ0n) is 9.89. The standard InChI is InChI=1S/C12H15ClN4/c1-9(10-4-3-5-14-6-10)15-8-12-16-7-11(13)17(12)2/h3-7,9,15H,8H2,1-2H3/t9-/m0/s1. The Hall–Kier alpha value is -1.39. The molecule has 0 aliphatic heterocycles. The van der Waals surface area contributed by atoms with Gasteiger partial charge < -0.3 is 9.88 Å². The van der Waals surface area contributed by atoms with Crippen molar-refractivity contribution in [2.75, 3.05) is 0 Å². The van der Waals surface area contributed by atoms with Crippen LogP contribution in [0.3, 0.4) is 0 Å². The minimum absolute atomic E-state index is 0.235. The molecule has 5 heteroatoms. The second kappa shape index (κ2) is 5.29. The third kappa shape index (κ3) is 2.84. The first kappa shape index (κ1) is 12.1. The van der Waals surface area contributed by atoms with Gasteiger partial charge in [-0.3, -0.25) is 4.98 Å². The maximum atomic E-state index is 5.92. The predicted octanol–water partition coefficient (Wildman–Crippen LogP) is 2.32. The summed E-state index contributed by atoms with van der Waals surface area (Å²) in [7, 11) is 1.90. The molecule has 2 rings (SSSR count). The Balaban J connectivity index is 1.97. The Bertz CT molecular complexity index is 481. The molecule has 0 radical (unpaired) electrons. The topological polar surface area (TPSA) is 42.7 Å². The molecule has 2 aromatic heterocycles. The summed E-state index contributed by atoms with van der Waals surface area (Å²) in [6.07, 6.45) is 5.30. The molecule has 0 saturated heterocycles. The summed E-state index contributed by atoms with van der Waals surface area (Å²) in [5.41, 5.74) is 1.16. The number of rotatable bonds is 4. The van der Waals surface area contributed by atoms with Gasteiger partial charge in [-0.1, -0.05) is 17.7 Å². The van der Waals surface area contributed by atoms with E-state index in [1.54, 1.807) is 12.4 Å². The zero-order valence-corrected chi connectivity index (χ0v) is 10.6. The van der Waals surface area contributed by atoms with Crippen molar-refractivity contribution >= 4 is 11.6 Å². The molecule has 0 bridgehead atoms. The highest BCUT2D eigenvalue weighted by Gasteiger charge is 2.08. The molecule has 0 aliphatic rings. The number of halogens is 1. The van der Waals surface area contributed by atoms with Gasteiger partial charge in [-0.05, 0) is 18.6 Å². The Morgan fingerprint density at radius 3 is 2.88 bits per heavy atom. The average Bonchev–Trinajstić information content (AvgIpc) is 2.68. The molecular weight excluding hydrogens is 236 g/mol. The molecule has 0 aliphatic carbocycles. The first-order chi connectivity index (χ1) is 8.18. The Morgan fingerprint density at radius 2 is 2.29 bits per heavy atom. The molecular formula is C12H15ClN4. The highest BCUT2D eigenvalue weighted by molar-refractivity contribution is 6.29. The molecule has 2 heterocycles. The van der Waals surface area contributed by atoms with Crippen LogP contribution in [-0.2, 0) is 13.6 Å². The monoisotopic (exact) mass is 250 g/mol. The molecule has 4 nitrogen and oxygen atoms in total. The van der Waals surface area contributed by atoms with Crippen LogP contribution in [0, 0.1) is 0 Å². The van der Waals surface area contributed by atoms with Crippen molar-refractivity contribution in [3.8, 4) is 0 Å². The van der Waals surface area contributed by atoms with Gasteiger partial charge in [0, 0.05) is 25.5 Å². The number of pyridine rings is 1. The van der Waals surface area contributed by atoms with Gasteiger partial charge in [0.1, 0.15) is 11.0 Å². The van der Waals surface area contributed by atoms with E-state index < -0.39 is 0 Å². The van der Waals surface area contributed by atoms with E-state index in [0.717, 1.165) is 11.4 Å². The lowest BCUT2D eigenvalue weighted by molar-refractivity contribution is 0.548. The lowest BCUT2D eigenvalue weighted by Crippen LogP contribution is -2.20. The minimum Gasteiger partial charge on any atom is -0.321 e. The molecule has 90 valence electrons. The third-order valence-corrected chi connectivity index (χ3v) is 3.13. The SMILES string of the molecule is C[C@H](NCc1ncc(Cl)n1C)c1cccnc1. The second-order valence-electron chi connectivity index (χ2n) is 3.95. The fourth-order valence-electron chi connectivity index (χ4n) is 1.58. The molecule has 0 saturated carbocycles. The summed E-state index contributed by atoms with van der Waals surface area (Å²) in [5, 5.41) is 4.04. The first-order valence-corrected chi connectivity index (χ1v) is 5.85. The summed E-state index contributed by atoms with van der Waals surface area (Å²) in [6, 6.07) is 4.22. The van der Waals surface area contributed by atoms with E-state index in [1.807, 2.05) is 23.9 Å². The second-order valence-corrected chi connectivity index (χ2v) is 4.33. The zero-order chi connectivity index (χ0) is 12.3. The van der Waals surface area contributed by atoms with E-state index in [4.69, 9.17) is 11.6 Å². The van der Waals surface area contributed by atoms with Crippen molar-refractivity contribution in [2.45, 2.75) is 19.5 Å². The quantitative estimate of drug-likeness (QED) is 0.906. The minimum atomic E-state index is 0.235. The van der Waals surface area contributed by atoms with E-state index in [-0.39, 0.29) is 6.04 Å². The summed E-state index contributed by atoms with van der Waals surface area (Å²) in [5.74, 6) is 0.922.